The van der Waals surface area contributed by atoms with E-state index >= 15 is 0 Å². The zero-order valence-corrected chi connectivity index (χ0v) is 21.2. The van der Waals surface area contributed by atoms with Gasteiger partial charge in [-0.3, -0.25) is 9.29 Å². The summed E-state index contributed by atoms with van der Waals surface area (Å²) in [5.41, 5.74) is 1.07. The Balaban J connectivity index is 1.73. The molecule has 2 aromatic carbocycles. The average molecular weight is 568 g/mol. The summed E-state index contributed by atoms with van der Waals surface area (Å²) < 4.78 is 54.8. The molecule has 178 valence electrons. The van der Waals surface area contributed by atoms with E-state index in [4.69, 9.17) is 9.47 Å². The number of aryl methyl sites for hydroxylation is 1. The van der Waals surface area contributed by atoms with Crippen molar-refractivity contribution in [2.45, 2.75) is 6.42 Å². The highest BCUT2D eigenvalue weighted by Crippen LogP contribution is 2.38. The lowest BCUT2D eigenvalue weighted by Gasteiger charge is -2.17. The predicted molar refractivity (Wildman–Crippen MR) is 131 cm³/mol. The van der Waals surface area contributed by atoms with Crippen LogP contribution in [0.1, 0.15) is 5.56 Å². The molecule has 1 N–H and O–H groups in total. The molecule has 4 rings (SSSR count). The van der Waals surface area contributed by atoms with Gasteiger partial charge in [-0.25, -0.2) is 17.8 Å². The van der Waals surface area contributed by atoms with Crippen molar-refractivity contribution in [3.8, 4) is 28.0 Å². The Morgan fingerprint density at radius 2 is 1.88 bits per heavy atom. The van der Waals surface area contributed by atoms with E-state index in [2.05, 4.69) is 35.8 Å². The van der Waals surface area contributed by atoms with Gasteiger partial charge in [-0.1, -0.05) is 28.1 Å². The number of hydrogen-bond acceptors (Lipinski definition) is 8. The van der Waals surface area contributed by atoms with E-state index in [1.165, 1.54) is 48.3 Å². The summed E-state index contributed by atoms with van der Waals surface area (Å²) in [4.78, 5) is 4.29. The Hall–Kier alpha value is -3.03. The van der Waals surface area contributed by atoms with Gasteiger partial charge in [0.05, 0.1) is 20.0 Å². The third kappa shape index (κ3) is 5.05. The summed E-state index contributed by atoms with van der Waals surface area (Å²) in [5.74, 6) is 0.438. The van der Waals surface area contributed by atoms with Crippen molar-refractivity contribution in [1.82, 2.24) is 19.7 Å². The number of rotatable bonds is 9. The number of benzene rings is 2. The van der Waals surface area contributed by atoms with Gasteiger partial charge in [0.2, 0.25) is 16.0 Å². The fraction of sp³-hybridized carbons (Fsp3) is 0.190. The molecule has 13 heteroatoms. The number of methoxy groups -OCH3 is 2. The molecule has 0 saturated heterocycles. The Bertz CT molecular complexity index is 1390. The molecule has 0 aliphatic rings. The molecular formula is C21H19BrFN5O4S2. The molecule has 0 amide bonds. The van der Waals surface area contributed by atoms with Crippen LogP contribution in [0.2, 0.25) is 0 Å². The topological polar surface area (TPSA) is 108 Å². The van der Waals surface area contributed by atoms with Gasteiger partial charge in [-0.05, 0) is 36.2 Å². The highest BCUT2D eigenvalue weighted by atomic mass is 79.9. The minimum absolute atomic E-state index is 0.0498. The highest BCUT2D eigenvalue weighted by Gasteiger charge is 2.26. The van der Waals surface area contributed by atoms with Gasteiger partial charge >= 0.3 is 0 Å². The molecule has 4 aromatic rings. The lowest BCUT2D eigenvalue weighted by atomic mass is 10.2. The predicted octanol–water partition coefficient (Wildman–Crippen LogP) is 4.29. The van der Waals surface area contributed by atoms with Crippen LogP contribution in [0.3, 0.4) is 0 Å². The molecular weight excluding hydrogens is 549 g/mol. The summed E-state index contributed by atoms with van der Waals surface area (Å²) in [5, 5.41) is 10.6. The first-order chi connectivity index (χ1) is 16.3. The van der Waals surface area contributed by atoms with E-state index in [-0.39, 0.29) is 18.1 Å². The van der Waals surface area contributed by atoms with Crippen LogP contribution in [0.25, 0.3) is 16.5 Å². The smallest absolute Gasteiger partial charge is 0.243 e. The third-order valence-corrected chi connectivity index (χ3v) is 7.56. The first-order valence-electron chi connectivity index (χ1n) is 9.84. The molecule has 0 aliphatic heterocycles. The first kappa shape index (κ1) is 24.1. The zero-order valence-electron chi connectivity index (χ0n) is 18.0. The normalized spacial score (nSPS) is 11.4. The molecule has 2 aromatic heterocycles. The summed E-state index contributed by atoms with van der Waals surface area (Å²) in [7, 11) is -0.879. The first-order valence-corrected chi connectivity index (χ1v) is 13.2. The summed E-state index contributed by atoms with van der Waals surface area (Å²) in [6.45, 7) is 0. The second-order valence-electron chi connectivity index (χ2n) is 6.94. The molecule has 0 atom stereocenters. The van der Waals surface area contributed by atoms with E-state index in [1.54, 1.807) is 29.8 Å². The van der Waals surface area contributed by atoms with Gasteiger partial charge in [-0.2, -0.15) is 0 Å². The van der Waals surface area contributed by atoms with E-state index in [0.717, 1.165) is 0 Å². The van der Waals surface area contributed by atoms with Crippen LogP contribution in [0.5, 0.6) is 11.5 Å². The van der Waals surface area contributed by atoms with E-state index < -0.39 is 15.8 Å². The van der Waals surface area contributed by atoms with E-state index in [9.17, 15) is 12.8 Å². The van der Waals surface area contributed by atoms with E-state index in [1.807, 2.05) is 0 Å². The minimum Gasteiger partial charge on any atom is -0.494 e. The maximum absolute atomic E-state index is 13.4. The number of nitrogens with one attached hydrogen (secondary N) is 1. The summed E-state index contributed by atoms with van der Waals surface area (Å²) in [6.07, 6.45) is 1.77. The average Bonchev–Trinajstić information content (AvgIpc) is 3.47. The lowest BCUT2D eigenvalue weighted by molar-refractivity contribution is 0.391. The number of para-hydroxylation sites is 1. The number of ether oxygens (including phenoxy) is 2. The van der Waals surface area contributed by atoms with Crippen LogP contribution >= 0.6 is 27.3 Å². The standard InChI is InChI=1S/C21H19BrFN5O4S2/c1-31-16-4-3-5-17(32-2)18(16)28-19(20-24-9-10-33-20)25-26-21(28)27-34(29,30)11-8-13-6-7-14(23)12-15(13)22/h3-7,9-10,12H,8,11H2,1-2H3,(H,26,27). The Kier molecular flexibility index (Phi) is 7.14. The van der Waals surface area contributed by atoms with Gasteiger partial charge < -0.3 is 9.47 Å². The van der Waals surface area contributed by atoms with Crippen LogP contribution in [-0.2, 0) is 16.4 Å². The molecule has 0 aliphatic carbocycles. The summed E-state index contributed by atoms with van der Waals surface area (Å²) >= 11 is 4.59. The molecule has 2 heterocycles. The third-order valence-electron chi connectivity index (χ3n) is 4.81. The number of sulfonamides is 1. The van der Waals surface area contributed by atoms with Crippen molar-refractivity contribution in [2.75, 3.05) is 24.7 Å². The SMILES string of the molecule is COc1cccc(OC)c1-n1c(NS(=O)(=O)CCc2ccc(F)cc2Br)nnc1-c1nccs1. The second kappa shape index (κ2) is 10.1. The van der Waals surface area contributed by atoms with Crippen molar-refractivity contribution in [2.24, 2.45) is 0 Å². The fourth-order valence-corrected chi connectivity index (χ4v) is 5.41. The van der Waals surface area contributed by atoms with E-state index in [0.29, 0.717) is 38.1 Å². The number of hydrogen-bond donors (Lipinski definition) is 1. The van der Waals surface area contributed by atoms with Crippen LogP contribution in [0.15, 0.2) is 52.4 Å². The second-order valence-corrected chi connectivity index (χ2v) is 10.5. The van der Waals surface area contributed by atoms with Gasteiger partial charge in [0.1, 0.15) is 23.0 Å². The maximum atomic E-state index is 13.4. The largest absolute Gasteiger partial charge is 0.494 e. The molecule has 9 nitrogen and oxygen atoms in total. The van der Waals surface area contributed by atoms with Crippen molar-refractivity contribution < 1.29 is 22.3 Å². The molecule has 0 saturated carbocycles. The van der Waals surface area contributed by atoms with Crippen LogP contribution in [-0.4, -0.2) is 48.1 Å². The van der Waals surface area contributed by atoms with Crippen LogP contribution in [0, 0.1) is 5.82 Å². The van der Waals surface area contributed by atoms with Gasteiger partial charge in [0.25, 0.3) is 0 Å². The fourth-order valence-electron chi connectivity index (χ4n) is 3.25. The number of aromatic nitrogens is 4. The monoisotopic (exact) mass is 567 g/mol. The Morgan fingerprint density at radius 1 is 1.15 bits per heavy atom. The van der Waals surface area contributed by atoms with Gasteiger partial charge in [-0.15, -0.1) is 21.5 Å². The molecule has 34 heavy (non-hydrogen) atoms. The maximum Gasteiger partial charge on any atom is 0.243 e. The lowest BCUT2D eigenvalue weighted by Crippen LogP contribution is -2.21. The number of anilines is 1. The van der Waals surface area contributed by atoms with Crippen molar-refractivity contribution in [1.29, 1.82) is 0 Å². The van der Waals surface area contributed by atoms with Gasteiger partial charge in [0.15, 0.2) is 10.8 Å². The zero-order chi connectivity index (χ0) is 24.3. The van der Waals surface area contributed by atoms with Crippen molar-refractivity contribution in [3.63, 3.8) is 0 Å². The molecule has 0 radical (unpaired) electrons. The van der Waals surface area contributed by atoms with Gasteiger partial charge in [0, 0.05) is 16.0 Å². The van der Waals surface area contributed by atoms with Crippen LogP contribution < -0.4 is 14.2 Å². The molecule has 0 bridgehead atoms. The highest BCUT2D eigenvalue weighted by molar-refractivity contribution is 9.10. The van der Waals surface area contributed by atoms with Crippen molar-refractivity contribution >= 4 is 43.2 Å². The van der Waals surface area contributed by atoms with Crippen LogP contribution in [0.4, 0.5) is 10.3 Å². The number of thiazole rings is 1. The minimum atomic E-state index is -3.87. The molecule has 0 fully saturated rings. The quantitative estimate of drug-likeness (QED) is 0.321. The Labute approximate surface area is 207 Å². The Morgan fingerprint density at radius 3 is 2.50 bits per heavy atom. The summed E-state index contributed by atoms with van der Waals surface area (Å²) in [6, 6.07) is 9.30. The number of nitrogens with zero attached hydrogens (tertiary/aromatic N) is 4. The van der Waals surface area contributed by atoms with Crippen molar-refractivity contribution in [3.05, 3.63) is 63.8 Å². The number of halogens is 2. The molecule has 0 spiro atoms. The molecule has 0 unspecified atom stereocenters.